The Hall–Kier alpha value is -2.34. The number of halogens is 2. The Morgan fingerprint density at radius 1 is 1.26 bits per heavy atom. The number of hydrogen-bond acceptors (Lipinski definition) is 3. The number of ether oxygens (including phenoxy) is 1. The Balaban J connectivity index is 2.03. The van der Waals surface area contributed by atoms with E-state index in [4.69, 9.17) is 4.74 Å². The number of carbonyl (C=O) groups excluding carboxylic acids is 1. The van der Waals surface area contributed by atoms with E-state index in [1.54, 1.807) is 18.2 Å². The van der Waals surface area contributed by atoms with Gasteiger partial charge in [-0.05, 0) is 25.1 Å². The molecule has 2 rings (SSSR count). The van der Waals surface area contributed by atoms with Crippen molar-refractivity contribution in [1.82, 2.24) is 10.3 Å². The molecule has 0 radical (unpaired) electrons. The molecule has 0 unspecified atom stereocenters. The topological polar surface area (TPSA) is 51.2 Å². The number of nitrogens with one attached hydrogen (secondary N) is 1. The molecule has 6 heteroatoms. The van der Waals surface area contributed by atoms with Gasteiger partial charge >= 0.3 is 0 Å². The highest BCUT2D eigenvalue weighted by atomic mass is 19.1. The Morgan fingerprint density at radius 3 is 2.61 bits per heavy atom. The third-order valence-corrected chi connectivity index (χ3v) is 3.68. The highest BCUT2D eigenvalue weighted by molar-refractivity contribution is 5.86. The van der Waals surface area contributed by atoms with Gasteiger partial charge in [-0.25, -0.2) is 8.78 Å². The number of hydrogen-bond donors (Lipinski definition) is 1. The van der Waals surface area contributed by atoms with Gasteiger partial charge in [0.25, 0.3) is 5.91 Å². The molecule has 1 heterocycles. The van der Waals surface area contributed by atoms with Crippen LogP contribution in [0.4, 0.5) is 8.78 Å². The summed E-state index contributed by atoms with van der Waals surface area (Å²) in [5.74, 6) is -1.37. The minimum atomic E-state index is -1.43. The number of rotatable bonds is 6. The molecule has 23 heavy (non-hydrogen) atoms. The number of carbonyl (C=O) groups is 1. The van der Waals surface area contributed by atoms with Crippen molar-refractivity contribution in [3.8, 4) is 0 Å². The van der Waals surface area contributed by atoms with Crippen molar-refractivity contribution in [1.29, 1.82) is 0 Å². The van der Waals surface area contributed by atoms with Crippen molar-refractivity contribution in [2.24, 2.45) is 0 Å². The van der Waals surface area contributed by atoms with Gasteiger partial charge in [0.05, 0.1) is 6.20 Å². The van der Waals surface area contributed by atoms with Crippen molar-refractivity contribution in [2.45, 2.75) is 18.9 Å². The van der Waals surface area contributed by atoms with E-state index in [0.717, 1.165) is 6.20 Å². The molecule has 4 nitrogen and oxygen atoms in total. The summed E-state index contributed by atoms with van der Waals surface area (Å²) in [5.41, 5.74) is -0.613. The summed E-state index contributed by atoms with van der Waals surface area (Å²) in [5, 5.41) is 2.70. The van der Waals surface area contributed by atoms with Crippen LogP contribution in [0.15, 0.2) is 42.6 Å². The lowest BCUT2D eigenvalue weighted by Crippen LogP contribution is -2.45. The molecule has 0 bridgehead atoms. The zero-order valence-electron chi connectivity index (χ0n) is 13.0. The Bertz CT molecular complexity index is 677. The molecule has 1 N–H and O–H groups in total. The number of methoxy groups -OCH3 is 1. The van der Waals surface area contributed by atoms with Crippen LogP contribution >= 0.6 is 0 Å². The van der Waals surface area contributed by atoms with E-state index in [9.17, 15) is 13.6 Å². The summed E-state index contributed by atoms with van der Waals surface area (Å²) < 4.78 is 32.0. The van der Waals surface area contributed by atoms with Gasteiger partial charge in [-0.1, -0.05) is 18.2 Å². The maximum absolute atomic E-state index is 14.0. The van der Waals surface area contributed by atoms with Crippen LogP contribution in [0.3, 0.4) is 0 Å². The van der Waals surface area contributed by atoms with Crippen molar-refractivity contribution < 1.29 is 18.3 Å². The van der Waals surface area contributed by atoms with Gasteiger partial charge in [-0.15, -0.1) is 0 Å². The molecular formula is C17H18F2N2O2. The van der Waals surface area contributed by atoms with E-state index in [2.05, 4.69) is 10.3 Å². The summed E-state index contributed by atoms with van der Waals surface area (Å²) >= 11 is 0. The van der Waals surface area contributed by atoms with Gasteiger partial charge in [0.15, 0.2) is 5.60 Å². The minimum absolute atomic E-state index is 0.167. The molecule has 0 spiro atoms. The van der Waals surface area contributed by atoms with Crippen LogP contribution in [0.5, 0.6) is 0 Å². The SMILES string of the molecule is CO[C@](C)(C(=O)NCCc1ccc(F)cn1)c1ccccc1F. The fourth-order valence-corrected chi connectivity index (χ4v) is 2.20. The second-order valence-corrected chi connectivity index (χ2v) is 5.19. The van der Waals surface area contributed by atoms with Gasteiger partial charge in [-0.3, -0.25) is 9.78 Å². The fourth-order valence-electron chi connectivity index (χ4n) is 2.20. The zero-order valence-corrected chi connectivity index (χ0v) is 13.0. The third-order valence-electron chi connectivity index (χ3n) is 3.68. The summed E-state index contributed by atoms with van der Waals surface area (Å²) in [6.07, 6.45) is 1.55. The van der Waals surface area contributed by atoms with Crippen LogP contribution in [0.1, 0.15) is 18.2 Å². The van der Waals surface area contributed by atoms with Gasteiger partial charge < -0.3 is 10.1 Å². The van der Waals surface area contributed by atoms with Gasteiger partial charge in [0.2, 0.25) is 0 Å². The molecule has 0 saturated carbocycles. The van der Waals surface area contributed by atoms with E-state index >= 15 is 0 Å². The average molecular weight is 320 g/mol. The number of nitrogens with zero attached hydrogens (tertiary/aromatic N) is 1. The van der Waals surface area contributed by atoms with E-state index in [1.165, 1.54) is 32.2 Å². The Morgan fingerprint density at radius 2 is 2.00 bits per heavy atom. The van der Waals surface area contributed by atoms with Gasteiger partial charge in [0.1, 0.15) is 11.6 Å². The molecule has 0 aliphatic heterocycles. The van der Waals surface area contributed by atoms with Crippen LogP contribution < -0.4 is 5.32 Å². The Kier molecular flexibility index (Phi) is 5.39. The molecule has 1 amide bonds. The van der Waals surface area contributed by atoms with Crippen LogP contribution in [-0.2, 0) is 21.6 Å². The first-order valence-electron chi connectivity index (χ1n) is 7.16. The Labute approximate surface area is 133 Å². The molecule has 122 valence electrons. The van der Waals surface area contributed by atoms with Crippen molar-refractivity contribution in [3.63, 3.8) is 0 Å². The van der Waals surface area contributed by atoms with E-state index in [-0.39, 0.29) is 12.1 Å². The standard InChI is InChI=1S/C17H18F2N2O2/c1-17(23-2,14-5-3-4-6-15(14)19)16(22)20-10-9-13-8-7-12(18)11-21-13/h3-8,11H,9-10H2,1-2H3,(H,20,22)/t17-/m0/s1. The van der Waals surface area contributed by atoms with Crippen LogP contribution in [0, 0.1) is 11.6 Å². The quantitative estimate of drug-likeness (QED) is 0.890. The highest BCUT2D eigenvalue weighted by Gasteiger charge is 2.37. The maximum atomic E-state index is 14.0. The number of benzene rings is 1. The second kappa shape index (κ2) is 7.28. The lowest BCUT2D eigenvalue weighted by atomic mass is 9.94. The molecule has 2 aromatic rings. The van der Waals surface area contributed by atoms with Crippen molar-refractivity contribution >= 4 is 5.91 Å². The first kappa shape index (κ1) is 17.0. The molecule has 1 aromatic carbocycles. The molecule has 1 aromatic heterocycles. The van der Waals surface area contributed by atoms with Crippen LogP contribution in [0.25, 0.3) is 0 Å². The largest absolute Gasteiger partial charge is 0.364 e. The zero-order chi connectivity index (χ0) is 16.9. The predicted molar refractivity (Wildman–Crippen MR) is 81.7 cm³/mol. The third kappa shape index (κ3) is 3.90. The molecule has 0 saturated heterocycles. The normalized spacial score (nSPS) is 13.4. The lowest BCUT2D eigenvalue weighted by molar-refractivity contribution is -0.142. The fraction of sp³-hybridized carbons (Fsp3) is 0.294. The maximum Gasteiger partial charge on any atom is 0.256 e. The molecule has 0 fully saturated rings. The molecule has 0 aliphatic rings. The number of amides is 1. The van der Waals surface area contributed by atoms with E-state index < -0.39 is 23.1 Å². The first-order valence-corrected chi connectivity index (χ1v) is 7.16. The smallest absolute Gasteiger partial charge is 0.256 e. The highest BCUT2D eigenvalue weighted by Crippen LogP contribution is 2.27. The summed E-state index contributed by atoms with van der Waals surface area (Å²) in [7, 11) is 1.35. The number of aromatic nitrogens is 1. The average Bonchev–Trinajstić information content (AvgIpc) is 2.56. The lowest BCUT2D eigenvalue weighted by Gasteiger charge is -2.27. The van der Waals surface area contributed by atoms with Gasteiger partial charge in [0, 0.05) is 31.3 Å². The predicted octanol–water partition coefficient (Wildman–Crippen LogP) is 2.58. The van der Waals surface area contributed by atoms with Crippen LogP contribution in [-0.4, -0.2) is 24.5 Å². The first-order chi connectivity index (χ1) is 11.0. The molecule has 0 aliphatic carbocycles. The van der Waals surface area contributed by atoms with Crippen molar-refractivity contribution in [3.05, 3.63) is 65.5 Å². The second-order valence-electron chi connectivity index (χ2n) is 5.19. The monoisotopic (exact) mass is 320 g/mol. The van der Waals surface area contributed by atoms with Gasteiger partial charge in [-0.2, -0.15) is 0 Å². The summed E-state index contributed by atoms with van der Waals surface area (Å²) in [6.45, 7) is 1.79. The molecular weight excluding hydrogens is 302 g/mol. The minimum Gasteiger partial charge on any atom is -0.364 e. The van der Waals surface area contributed by atoms with Crippen LogP contribution in [0.2, 0.25) is 0 Å². The summed E-state index contributed by atoms with van der Waals surface area (Å²) in [6, 6.07) is 8.84. The summed E-state index contributed by atoms with van der Waals surface area (Å²) in [4.78, 5) is 16.3. The van der Waals surface area contributed by atoms with Crippen molar-refractivity contribution in [2.75, 3.05) is 13.7 Å². The molecule has 1 atom stereocenters. The number of pyridine rings is 1. The van der Waals surface area contributed by atoms with E-state index in [1.807, 2.05) is 0 Å². The van der Waals surface area contributed by atoms with E-state index in [0.29, 0.717) is 12.1 Å².